The third-order valence-corrected chi connectivity index (χ3v) is 8.57. The van der Waals surface area contributed by atoms with Crippen LogP contribution in [0.4, 0.5) is 0 Å². The Morgan fingerprint density at radius 1 is 0.405 bits per heavy atom. The Bertz CT molecular complexity index is 2240. The van der Waals surface area contributed by atoms with Gasteiger partial charge in [-0.25, -0.2) is 0 Å². The van der Waals surface area contributed by atoms with E-state index in [1.807, 2.05) is 0 Å². The Balaban J connectivity index is 1.57. The van der Waals surface area contributed by atoms with Crippen molar-refractivity contribution in [2.75, 3.05) is 0 Å². The smallest absolute Gasteiger partial charge is 0.0622 e. The molecular formula is C41H29N. The first kappa shape index (κ1) is 24.4. The van der Waals surface area contributed by atoms with E-state index in [0.29, 0.717) is 0 Å². The standard InChI is InChI=1S/C41H29N/c1-28-38(30-15-4-2-5-16-30)27-39(31-17-6-3-7-18-31)42(28)41-37-23-13-11-21-35(37)34-20-10-12-22-36(34)40(41)33-25-24-29-14-8-9-19-32(29)26-33/h2-27H,1H3. The molecule has 0 atom stereocenters. The lowest BCUT2D eigenvalue weighted by atomic mass is 9.89. The SMILES string of the molecule is Cc1c(-c2ccccc2)cc(-c2ccccc2)n1-c1c(-c2ccc3ccccc3c2)c2ccccc2c2ccccc12. The molecular weight excluding hydrogens is 506 g/mol. The summed E-state index contributed by atoms with van der Waals surface area (Å²) in [6.45, 7) is 2.27. The van der Waals surface area contributed by atoms with Gasteiger partial charge in [0, 0.05) is 22.2 Å². The number of hydrogen-bond acceptors (Lipinski definition) is 0. The largest absolute Gasteiger partial charge is 0.312 e. The van der Waals surface area contributed by atoms with Crippen LogP contribution in [0.2, 0.25) is 0 Å². The summed E-state index contributed by atoms with van der Waals surface area (Å²) in [5.74, 6) is 0. The zero-order chi connectivity index (χ0) is 28.0. The summed E-state index contributed by atoms with van der Waals surface area (Å²) in [5, 5.41) is 7.54. The quantitative estimate of drug-likeness (QED) is 0.198. The van der Waals surface area contributed by atoms with E-state index in [-0.39, 0.29) is 0 Å². The summed E-state index contributed by atoms with van der Waals surface area (Å²) in [6.07, 6.45) is 0. The third kappa shape index (κ3) is 3.86. The number of fused-ring (bicyclic) bond motifs is 4. The van der Waals surface area contributed by atoms with Crippen LogP contribution in [0, 0.1) is 6.92 Å². The number of benzene rings is 7. The van der Waals surface area contributed by atoms with Gasteiger partial charge in [-0.3, -0.25) is 0 Å². The van der Waals surface area contributed by atoms with Crippen molar-refractivity contribution in [2.45, 2.75) is 6.92 Å². The van der Waals surface area contributed by atoms with Crippen LogP contribution >= 0.6 is 0 Å². The van der Waals surface area contributed by atoms with Crippen LogP contribution in [0.5, 0.6) is 0 Å². The molecule has 8 rings (SSSR count). The van der Waals surface area contributed by atoms with Crippen LogP contribution in [-0.2, 0) is 0 Å². The molecule has 0 spiro atoms. The van der Waals surface area contributed by atoms with Crippen molar-refractivity contribution in [1.29, 1.82) is 0 Å². The number of nitrogens with zero attached hydrogens (tertiary/aromatic N) is 1. The summed E-state index contributed by atoms with van der Waals surface area (Å²) in [4.78, 5) is 0. The summed E-state index contributed by atoms with van der Waals surface area (Å²) in [7, 11) is 0. The first-order valence-corrected chi connectivity index (χ1v) is 14.5. The number of rotatable bonds is 4. The Labute approximate surface area is 245 Å². The zero-order valence-electron chi connectivity index (χ0n) is 23.5. The van der Waals surface area contributed by atoms with Crippen LogP contribution in [0.15, 0.2) is 158 Å². The van der Waals surface area contributed by atoms with E-state index in [9.17, 15) is 0 Å². The summed E-state index contributed by atoms with van der Waals surface area (Å²) in [6, 6.07) is 57.2. The van der Waals surface area contributed by atoms with E-state index in [1.54, 1.807) is 0 Å². The minimum absolute atomic E-state index is 1.19. The predicted molar refractivity (Wildman–Crippen MR) is 179 cm³/mol. The predicted octanol–water partition coefficient (Wildman–Crippen LogP) is 11.2. The Hall–Kier alpha value is -5.40. The minimum Gasteiger partial charge on any atom is -0.312 e. The Morgan fingerprint density at radius 2 is 0.952 bits per heavy atom. The molecule has 7 aromatic carbocycles. The molecule has 1 aromatic heterocycles. The van der Waals surface area contributed by atoms with E-state index in [2.05, 4.69) is 169 Å². The van der Waals surface area contributed by atoms with E-state index < -0.39 is 0 Å². The molecule has 8 aromatic rings. The van der Waals surface area contributed by atoms with Gasteiger partial charge in [0.1, 0.15) is 0 Å². The van der Waals surface area contributed by atoms with Crippen molar-refractivity contribution in [3.05, 3.63) is 163 Å². The van der Waals surface area contributed by atoms with E-state index in [1.165, 1.54) is 77.2 Å². The number of aromatic nitrogens is 1. The number of hydrogen-bond donors (Lipinski definition) is 0. The van der Waals surface area contributed by atoms with Crippen LogP contribution in [0.1, 0.15) is 5.69 Å². The van der Waals surface area contributed by atoms with E-state index >= 15 is 0 Å². The van der Waals surface area contributed by atoms with Gasteiger partial charge in [-0.2, -0.15) is 0 Å². The third-order valence-electron chi connectivity index (χ3n) is 8.57. The molecule has 0 N–H and O–H groups in total. The molecule has 1 nitrogen and oxygen atoms in total. The molecule has 0 aliphatic carbocycles. The fraction of sp³-hybridized carbons (Fsp3) is 0.0244. The highest BCUT2D eigenvalue weighted by atomic mass is 15.0. The maximum Gasteiger partial charge on any atom is 0.0622 e. The van der Waals surface area contributed by atoms with Gasteiger partial charge < -0.3 is 4.57 Å². The molecule has 1 heterocycles. The second-order valence-corrected chi connectivity index (χ2v) is 11.0. The lowest BCUT2D eigenvalue weighted by molar-refractivity contribution is 1.04. The van der Waals surface area contributed by atoms with Crippen molar-refractivity contribution in [1.82, 2.24) is 4.57 Å². The fourth-order valence-corrected chi connectivity index (χ4v) is 6.62. The first-order valence-electron chi connectivity index (χ1n) is 14.5. The van der Waals surface area contributed by atoms with Crippen molar-refractivity contribution < 1.29 is 0 Å². The molecule has 0 radical (unpaired) electrons. The highest BCUT2D eigenvalue weighted by Gasteiger charge is 2.23. The topological polar surface area (TPSA) is 4.93 Å². The van der Waals surface area contributed by atoms with Gasteiger partial charge in [0.2, 0.25) is 0 Å². The lowest BCUT2D eigenvalue weighted by Crippen LogP contribution is -2.04. The minimum atomic E-state index is 1.19. The Kier molecular flexibility index (Phi) is 5.75. The molecule has 0 fully saturated rings. The van der Waals surface area contributed by atoms with Gasteiger partial charge in [-0.15, -0.1) is 0 Å². The molecule has 0 aliphatic rings. The highest BCUT2D eigenvalue weighted by Crippen LogP contribution is 2.45. The normalized spacial score (nSPS) is 11.5. The van der Waals surface area contributed by atoms with Gasteiger partial charge in [0.15, 0.2) is 0 Å². The van der Waals surface area contributed by atoms with Gasteiger partial charge in [-0.1, -0.05) is 146 Å². The van der Waals surface area contributed by atoms with E-state index in [4.69, 9.17) is 0 Å². The van der Waals surface area contributed by atoms with Crippen LogP contribution in [-0.4, -0.2) is 4.57 Å². The second kappa shape index (κ2) is 9.90. The highest BCUT2D eigenvalue weighted by molar-refractivity contribution is 6.19. The van der Waals surface area contributed by atoms with Crippen molar-refractivity contribution in [3.8, 4) is 39.2 Å². The van der Waals surface area contributed by atoms with Crippen LogP contribution in [0.3, 0.4) is 0 Å². The molecule has 0 saturated heterocycles. The molecule has 1 heteroatoms. The summed E-state index contributed by atoms with van der Waals surface area (Å²) >= 11 is 0. The van der Waals surface area contributed by atoms with Crippen molar-refractivity contribution in [2.24, 2.45) is 0 Å². The molecule has 198 valence electrons. The molecule has 0 bridgehead atoms. The lowest BCUT2D eigenvalue weighted by Gasteiger charge is -2.22. The van der Waals surface area contributed by atoms with E-state index in [0.717, 1.165) is 0 Å². The van der Waals surface area contributed by atoms with Crippen LogP contribution in [0.25, 0.3) is 71.5 Å². The average molecular weight is 536 g/mol. The first-order chi connectivity index (χ1) is 20.8. The van der Waals surface area contributed by atoms with Gasteiger partial charge in [-0.05, 0) is 62.7 Å². The van der Waals surface area contributed by atoms with Gasteiger partial charge in [0.05, 0.1) is 11.4 Å². The van der Waals surface area contributed by atoms with Crippen molar-refractivity contribution >= 4 is 32.3 Å². The van der Waals surface area contributed by atoms with Crippen molar-refractivity contribution in [3.63, 3.8) is 0 Å². The molecule has 0 aliphatic heterocycles. The maximum atomic E-state index is 2.51. The van der Waals surface area contributed by atoms with Crippen LogP contribution < -0.4 is 0 Å². The summed E-state index contributed by atoms with van der Waals surface area (Å²) < 4.78 is 2.51. The van der Waals surface area contributed by atoms with Gasteiger partial charge in [0.25, 0.3) is 0 Å². The molecule has 0 unspecified atom stereocenters. The zero-order valence-corrected chi connectivity index (χ0v) is 23.5. The molecule has 0 saturated carbocycles. The molecule has 0 amide bonds. The monoisotopic (exact) mass is 535 g/mol. The fourth-order valence-electron chi connectivity index (χ4n) is 6.62. The molecule has 42 heavy (non-hydrogen) atoms. The Morgan fingerprint density at radius 3 is 1.67 bits per heavy atom. The summed E-state index contributed by atoms with van der Waals surface area (Å²) in [5.41, 5.74) is 9.78. The van der Waals surface area contributed by atoms with Gasteiger partial charge >= 0.3 is 0 Å². The average Bonchev–Trinajstić information content (AvgIpc) is 3.41. The maximum absolute atomic E-state index is 2.51. The second-order valence-electron chi connectivity index (χ2n) is 11.0.